The standard InChI is InChI=1S/C12H16N4/c1-2-8-16-9-14-15-12(16)11(13)10-6-4-3-5-7-10/h3-7,9,11H,2,8,13H2,1H3/t11-/m0/s1. The lowest BCUT2D eigenvalue weighted by atomic mass is 10.1. The van der Waals surface area contributed by atoms with Gasteiger partial charge < -0.3 is 10.3 Å². The van der Waals surface area contributed by atoms with Crippen LogP contribution in [-0.4, -0.2) is 14.8 Å². The summed E-state index contributed by atoms with van der Waals surface area (Å²) in [6.45, 7) is 3.03. The molecular formula is C12H16N4. The first-order valence-corrected chi connectivity index (χ1v) is 5.51. The Morgan fingerprint density at radius 1 is 1.31 bits per heavy atom. The second-order valence-electron chi connectivity index (χ2n) is 3.77. The number of hydrogen-bond donors (Lipinski definition) is 1. The van der Waals surface area contributed by atoms with Gasteiger partial charge in [0.1, 0.15) is 6.33 Å². The van der Waals surface area contributed by atoms with E-state index in [9.17, 15) is 0 Å². The molecule has 2 N–H and O–H groups in total. The van der Waals surface area contributed by atoms with Gasteiger partial charge in [0, 0.05) is 6.54 Å². The molecule has 2 aromatic rings. The van der Waals surface area contributed by atoms with Crippen LogP contribution in [0.4, 0.5) is 0 Å². The zero-order valence-corrected chi connectivity index (χ0v) is 9.37. The number of aromatic nitrogens is 3. The molecule has 4 heteroatoms. The first kappa shape index (κ1) is 10.8. The Morgan fingerprint density at radius 3 is 2.75 bits per heavy atom. The second-order valence-corrected chi connectivity index (χ2v) is 3.77. The lowest BCUT2D eigenvalue weighted by Crippen LogP contribution is -2.17. The van der Waals surface area contributed by atoms with Gasteiger partial charge in [0.05, 0.1) is 6.04 Å². The second kappa shape index (κ2) is 4.90. The molecule has 0 unspecified atom stereocenters. The van der Waals surface area contributed by atoms with Crippen LogP contribution >= 0.6 is 0 Å². The van der Waals surface area contributed by atoms with E-state index in [-0.39, 0.29) is 6.04 Å². The van der Waals surface area contributed by atoms with E-state index >= 15 is 0 Å². The Balaban J connectivity index is 2.27. The van der Waals surface area contributed by atoms with E-state index in [0.29, 0.717) is 0 Å². The molecule has 0 aliphatic heterocycles. The first-order valence-electron chi connectivity index (χ1n) is 5.51. The summed E-state index contributed by atoms with van der Waals surface area (Å²) in [5, 5.41) is 8.02. The van der Waals surface area contributed by atoms with Crippen molar-refractivity contribution in [3.05, 3.63) is 48.0 Å². The Hall–Kier alpha value is -1.68. The van der Waals surface area contributed by atoms with Crippen molar-refractivity contribution < 1.29 is 0 Å². The van der Waals surface area contributed by atoms with Gasteiger partial charge in [0.25, 0.3) is 0 Å². The van der Waals surface area contributed by atoms with Crippen LogP contribution in [-0.2, 0) is 6.54 Å². The zero-order valence-electron chi connectivity index (χ0n) is 9.37. The fourth-order valence-corrected chi connectivity index (χ4v) is 1.73. The molecule has 84 valence electrons. The summed E-state index contributed by atoms with van der Waals surface area (Å²) in [7, 11) is 0. The predicted octanol–water partition coefficient (Wildman–Crippen LogP) is 1.74. The summed E-state index contributed by atoms with van der Waals surface area (Å²) in [5.41, 5.74) is 7.23. The van der Waals surface area contributed by atoms with Gasteiger partial charge in [-0.2, -0.15) is 0 Å². The predicted molar refractivity (Wildman–Crippen MR) is 62.8 cm³/mol. The van der Waals surface area contributed by atoms with Gasteiger partial charge in [-0.05, 0) is 12.0 Å². The van der Waals surface area contributed by atoms with Crippen molar-refractivity contribution >= 4 is 0 Å². The molecule has 0 aliphatic carbocycles. The number of nitrogens with two attached hydrogens (primary N) is 1. The molecule has 0 radical (unpaired) electrons. The first-order chi connectivity index (χ1) is 7.83. The van der Waals surface area contributed by atoms with Crippen LogP contribution in [0.5, 0.6) is 0 Å². The summed E-state index contributed by atoms with van der Waals surface area (Å²) < 4.78 is 2.01. The molecule has 2 rings (SSSR count). The Labute approximate surface area is 95.1 Å². The third-order valence-electron chi connectivity index (χ3n) is 2.55. The molecule has 0 spiro atoms. The average molecular weight is 216 g/mol. The molecule has 0 saturated carbocycles. The van der Waals surface area contributed by atoms with Gasteiger partial charge in [-0.25, -0.2) is 0 Å². The van der Waals surface area contributed by atoms with Crippen LogP contribution in [0, 0.1) is 0 Å². The highest BCUT2D eigenvalue weighted by molar-refractivity contribution is 5.23. The summed E-state index contributed by atoms with van der Waals surface area (Å²) in [5.74, 6) is 0.827. The molecule has 4 nitrogen and oxygen atoms in total. The maximum Gasteiger partial charge on any atom is 0.154 e. The number of rotatable bonds is 4. The maximum absolute atomic E-state index is 6.17. The van der Waals surface area contributed by atoms with E-state index in [2.05, 4.69) is 17.1 Å². The summed E-state index contributed by atoms with van der Waals surface area (Å²) in [6.07, 6.45) is 2.79. The van der Waals surface area contributed by atoms with Gasteiger partial charge in [-0.15, -0.1) is 10.2 Å². The van der Waals surface area contributed by atoms with Crippen LogP contribution in [0.25, 0.3) is 0 Å². The smallest absolute Gasteiger partial charge is 0.154 e. The Kier molecular flexibility index (Phi) is 3.31. The topological polar surface area (TPSA) is 56.7 Å². The highest BCUT2D eigenvalue weighted by Gasteiger charge is 2.14. The zero-order chi connectivity index (χ0) is 11.4. The van der Waals surface area contributed by atoms with Crippen LogP contribution < -0.4 is 5.73 Å². The van der Waals surface area contributed by atoms with Crippen molar-refractivity contribution in [1.29, 1.82) is 0 Å². The molecule has 16 heavy (non-hydrogen) atoms. The molecule has 0 aliphatic rings. The van der Waals surface area contributed by atoms with E-state index < -0.39 is 0 Å². The fraction of sp³-hybridized carbons (Fsp3) is 0.333. The number of benzene rings is 1. The fourth-order valence-electron chi connectivity index (χ4n) is 1.73. The molecule has 1 atom stereocenters. The van der Waals surface area contributed by atoms with Crippen molar-refractivity contribution in [3.8, 4) is 0 Å². The van der Waals surface area contributed by atoms with Crippen molar-refractivity contribution in [1.82, 2.24) is 14.8 Å². The summed E-state index contributed by atoms with van der Waals surface area (Å²) in [4.78, 5) is 0. The average Bonchev–Trinajstić information content (AvgIpc) is 2.78. The Morgan fingerprint density at radius 2 is 2.06 bits per heavy atom. The van der Waals surface area contributed by atoms with E-state index in [4.69, 9.17) is 5.73 Å². The van der Waals surface area contributed by atoms with Crippen LogP contribution in [0.2, 0.25) is 0 Å². The third kappa shape index (κ3) is 2.12. The van der Waals surface area contributed by atoms with Crippen LogP contribution in [0.3, 0.4) is 0 Å². The largest absolute Gasteiger partial charge is 0.318 e. The van der Waals surface area contributed by atoms with Crippen molar-refractivity contribution in [3.63, 3.8) is 0 Å². The highest BCUT2D eigenvalue weighted by Crippen LogP contribution is 2.16. The molecule has 1 aromatic heterocycles. The summed E-state index contributed by atoms with van der Waals surface area (Å²) >= 11 is 0. The number of nitrogens with zero attached hydrogens (tertiary/aromatic N) is 3. The van der Waals surface area contributed by atoms with Crippen molar-refractivity contribution in [2.45, 2.75) is 25.9 Å². The van der Waals surface area contributed by atoms with E-state index in [1.54, 1.807) is 6.33 Å². The van der Waals surface area contributed by atoms with Crippen molar-refractivity contribution in [2.24, 2.45) is 5.73 Å². The van der Waals surface area contributed by atoms with Gasteiger partial charge >= 0.3 is 0 Å². The van der Waals surface area contributed by atoms with Crippen LogP contribution in [0.15, 0.2) is 36.7 Å². The minimum Gasteiger partial charge on any atom is -0.318 e. The number of hydrogen-bond acceptors (Lipinski definition) is 3. The molecule has 1 heterocycles. The molecular weight excluding hydrogens is 200 g/mol. The van der Waals surface area contributed by atoms with Crippen molar-refractivity contribution in [2.75, 3.05) is 0 Å². The molecule has 0 fully saturated rings. The molecule has 1 aromatic carbocycles. The minimum atomic E-state index is -0.199. The molecule has 0 bridgehead atoms. The molecule has 0 saturated heterocycles. The monoisotopic (exact) mass is 216 g/mol. The Bertz CT molecular complexity index is 435. The van der Waals surface area contributed by atoms with Gasteiger partial charge in [-0.1, -0.05) is 37.3 Å². The van der Waals surface area contributed by atoms with Crippen LogP contribution in [0.1, 0.15) is 30.8 Å². The van der Waals surface area contributed by atoms with Gasteiger partial charge in [0.15, 0.2) is 5.82 Å². The normalized spacial score (nSPS) is 12.6. The quantitative estimate of drug-likeness (QED) is 0.846. The molecule has 0 amide bonds. The van der Waals surface area contributed by atoms with E-state index in [1.807, 2.05) is 34.9 Å². The third-order valence-corrected chi connectivity index (χ3v) is 2.55. The van der Waals surface area contributed by atoms with E-state index in [0.717, 1.165) is 24.4 Å². The minimum absolute atomic E-state index is 0.199. The lowest BCUT2D eigenvalue weighted by Gasteiger charge is -2.12. The number of aryl methyl sites for hydroxylation is 1. The van der Waals surface area contributed by atoms with Gasteiger partial charge in [-0.3, -0.25) is 0 Å². The maximum atomic E-state index is 6.17. The SMILES string of the molecule is CCCn1cnnc1[C@@H](N)c1ccccc1. The summed E-state index contributed by atoms with van der Waals surface area (Å²) in [6, 6.07) is 9.76. The van der Waals surface area contributed by atoms with E-state index in [1.165, 1.54) is 0 Å². The highest BCUT2D eigenvalue weighted by atomic mass is 15.3. The van der Waals surface area contributed by atoms with Gasteiger partial charge in [0.2, 0.25) is 0 Å². The lowest BCUT2D eigenvalue weighted by molar-refractivity contribution is 0.613.